The van der Waals surface area contributed by atoms with Crippen molar-refractivity contribution in [3.63, 3.8) is 0 Å². The highest BCUT2D eigenvalue weighted by Gasteiger charge is 2.22. The standard InChI is InChI=1S/C11H16N2O/c1-2-7-3-4-8(12)10-9(13)5-6-14-11(7)10/h3-4,9H,2,5-6,12-13H2,1H3/t9-/m1/s1. The van der Waals surface area contributed by atoms with E-state index in [1.54, 1.807) is 0 Å². The summed E-state index contributed by atoms with van der Waals surface area (Å²) < 4.78 is 5.64. The fourth-order valence-electron chi connectivity index (χ4n) is 1.92. The number of hydrogen-bond acceptors (Lipinski definition) is 3. The average Bonchev–Trinajstić information content (AvgIpc) is 2.18. The largest absolute Gasteiger partial charge is 0.493 e. The van der Waals surface area contributed by atoms with Gasteiger partial charge in [0.1, 0.15) is 5.75 Å². The van der Waals surface area contributed by atoms with Crippen LogP contribution < -0.4 is 16.2 Å². The summed E-state index contributed by atoms with van der Waals surface area (Å²) in [6.45, 7) is 2.81. The zero-order valence-electron chi connectivity index (χ0n) is 8.42. The monoisotopic (exact) mass is 192 g/mol. The molecule has 0 amide bonds. The highest BCUT2D eigenvalue weighted by atomic mass is 16.5. The first-order valence-electron chi connectivity index (χ1n) is 5.03. The summed E-state index contributed by atoms with van der Waals surface area (Å²) in [5, 5.41) is 0. The number of ether oxygens (including phenoxy) is 1. The van der Waals surface area contributed by atoms with E-state index in [2.05, 4.69) is 6.92 Å². The minimum absolute atomic E-state index is 0.0326. The van der Waals surface area contributed by atoms with E-state index in [9.17, 15) is 0 Å². The fourth-order valence-corrected chi connectivity index (χ4v) is 1.92. The zero-order valence-corrected chi connectivity index (χ0v) is 8.42. The molecule has 0 saturated carbocycles. The predicted molar refractivity (Wildman–Crippen MR) is 57.3 cm³/mol. The molecule has 76 valence electrons. The molecule has 0 bridgehead atoms. The topological polar surface area (TPSA) is 61.3 Å². The number of anilines is 1. The fraction of sp³-hybridized carbons (Fsp3) is 0.455. The van der Waals surface area contributed by atoms with Crippen molar-refractivity contribution < 1.29 is 4.74 Å². The van der Waals surface area contributed by atoms with Gasteiger partial charge < -0.3 is 16.2 Å². The van der Waals surface area contributed by atoms with Gasteiger partial charge in [0.05, 0.1) is 6.61 Å². The molecule has 0 unspecified atom stereocenters. The third-order valence-electron chi connectivity index (χ3n) is 2.74. The van der Waals surface area contributed by atoms with Gasteiger partial charge in [-0.15, -0.1) is 0 Å². The molecule has 2 rings (SSSR count). The number of aryl methyl sites for hydroxylation is 1. The van der Waals surface area contributed by atoms with Gasteiger partial charge in [-0.25, -0.2) is 0 Å². The molecule has 1 aliphatic heterocycles. The number of nitrogens with two attached hydrogens (primary N) is 2. The normalized spacial score (nSPS) is 20.0. The molecule has 1 aromatic rings. The van der Waals surface area contributed by atoms with E-state index in [0.717, 1.165) is 29.8 Å². The van der Waals surface area contributed by atoms with E-state index in [4.69, 9.17) is 16.2 Å². The summed E-state index contributed by atoms with van der Waals surface area (Å²) in [6.07, 6.45) is 1.81. The van der Waals surface area contributed by atoms with E-state index >= 15 is 0 Å². The van der Waals surface area contributed by atoms with Crippen LogP contribution in [0.25, 0.3) is 0 Å². The van der Waals surface area contributed by atoms with Crippen molar-refractivity contribution in [2.45, 2.75) is 25.8 Å². The molecule has 3 heteroatoms. The van der Waals surface area contributed by atoms with Crippen molar-refractivity contribution in [3.8, 4) is 5.75 Å². The van der Waals surface area contributed by atoms with Crippen LogP contribution in [0.15, 0.2) is 12.1 Å². The van der Waals surface area contributed by atoms with Gasteiger partial charge in [-0.3, -0.25) is 0 Å². The van der Waals surface area contributed by atoms with Crippen LogP contribution in [0.1, 0.15) is 30.5 Å². The lowest BCUT2D eigenvalue weighted by Gasteiger charge is -2.26. The molecule has 0 radical (unpaired) electrons. The zero-order chi connectivity index (χ0) is 10.1. The van der Waals surface area contributed by atoms with Crippen LogP contribution in [0.5, 0.6) is 5.75 Å². The summed E-state index contributed by atoms with van der Waals surface area (Å²) in [5.74, 6) is 0.922. The molecule has 1 aromatic carbocycles. The first-order chi connectivity index (χ1) is 6.74. The quantitative estimate of drug-likeness (QED) is 0.664. The Morgan fingerprint density at radius 1 is 1.50 bits per heavy atom. The highest BCUT2D eigenvalue weighted by molar-refractivity contribution is 5.60. The molecule has 0 spiro atoms. The van der Waals surface area contributed by atoms with Crippen molar-refractivity contribution >= 4 is 5.69 Å². The maximum Gasteiger partial charge on any atom is 0.129 e. The molecular weight excluding hydrogens is 176 g/mol. The second kappa shape index (κ2) is 3.50. The van der Waals surface area contributed by atoms with Crippen molar-refractivity contribution in [1.29, 1.82) is 0 Å². The van der Waals surface area contributed by atoms with Crippen LogP contribution in [-0.4, -0.2) is 6.61 Å². The SMILES string of the molecule is CCc1ccc(N)c2c1OCC[C@H]2N. The second-order valence-electron chi connectivity index (χ2n) is 3.65. The van der Waals surface area contributed by atoms with Crippen LogP contribution >= 0.6 is 0 Å². The number of fused-ring (bicyclic) bond motifs is 1. The van der Waals surface area contributed by atoms with Gasteiger partial charge in [0.15, 0.2) is 0 Å². The molecule has 3 nitrogen and oxygen atoms in total. The molecule has 0 aromatic heterocycles. The Hall–Kier alpha value is -1.22. The number of benzene rings is 1. The van der Waals surface area contributed by atoms with E-state index in [1.165, 1.54) is 5.56 Å². The van der Waals surface area contributed by atoms with Crippen LogP contribution in [0, 0.1) is 0 Å². The lowest BCUT2D eigenvalue weighted by Crippen LogP contribution is -2.22. The summed E-state index contributed by atoms with van der Waals surface area (Å²) in [4.78, 5) is 0. The van der Waals surface area contributed by atoms with E-state index in [1.807, 2.05) is 12.1 Å². The number of hydrogen-bond donors (Lipinski definition) is 2. The average molecular weight is 192 g/mol. The van der Waals surface area contributed by atoms with Gasteiger partial charge in [0.25, 0.3) is 0 Å². The molecule has 1 heterocycles. The van der Waals surface area contributed by atoms with Gasteiger partial charge in [-0.05, 0) is 18.1 Å². The number of nitrogen functional groups attached to an aromatic ring is 1. The Balaban J connectivity index is 2.57. The lowest BCUT2D eigenvalue weighted by molar-refractivity contribution is 0.267. The van der Waals surface area contributed by atoms with Gasteiger partial charge in [0, 0.05) is 23.7 Å². The predicted octanol–water partition coefficient (Wildman–Crippen LogP) is 1.61. The Kier molecular flexibility index (Phi) is 2.33. The maximum atomic E-state index is 6.01. The van der Waals surface area contributed by atoms with Crippen molar-refractivity contribution in [2.24, 2.45) is 5.73 Å². The Morgan fingerprint density at radius 3 is 3.00 bits per heavy atom. The van der Waals surface area contributed by atoms with E-state index < -0.39 is 0 Å². The molecule has 0 saturated heterocycles. The maximum absolute atomic E-state index is 6.01. The van der Waals surface area contributed by atoms with Crippen molar-refractivity contribution in [2.75, 3.05) is 12.3 Å². The lowest BCUT2D eigenvalue weighted by atomic mass is 9.95. The van der Waals surface area contributed by atoms with Crippen molar-refractivity contribution in [1.82, 2.24) is 0 Å². The summed E-state index contributed by atoms with van der Waals surface area (Å²) in [7, 11) is 0. The Bertz CT molecular complexity index is 349. The van der Waals surface area contributed by atoms with Gasteiger partial charge >= 0.3 is 0 Å². The molecule has 0 fully saturated rings. The minimum Gasteiger partial charge on any atom is -0.493 e. The number of rotatable bonds is 1. The smallest absolute Gasteiger partial charge is 0.129 e. The van der Waals surface area contributed by atoms with Crippen molar-refractivity contribution in [3.05, 3.63) is 23.3 Å². The molecular formula is C11H16N2O. The summed E-state index contributed by atoms with van der Waals surface area (Å²) in [5.41, 5.74) is 14.9. The van der Waals surface area contributed by atoms with Crippen LogP contribution in [0.2, 0.25) is 0 Å². The third-order valence-corrected chi connectivity index (χ3v) is 2.74. The first kappa shape index (κ1) is 9.34. The molecule has 1 aliphatic rings. The highest BCUT2D eigenvalue weighted by Crippen LogP contribution is 2.37. The molecule has 1 atom stereocenters. The van der Waals surface area contributed by atoms with Gasteiger partial charge in [0.2, 0.25) is 0 Å². The summed E-state index contributed by atoms with van der Waals surface area (Å²) in [6, 6.07) is 3.98. The van der Waals surface area contributed by atoms with Crippen LogP contribution in [0.4, 0.5) is 5.69 Å². The summed E-state index contributed by atoms with van der Waals surface area (Å²) >= 11 is 0. The van der Waals surface area contributed by atoms with Crippen LogP contribution in [0.3, 0.4) is 0 Å². The van der Waals surface area contributed by atoms with Gasteiger partial charge in [-0.1, -0.05) is 13.0 Å². The molecule has 0 aliphatic carbocycles. The first-order valence-corrected chi connectivity index (χ1v) is 5.03. The Morgan fingerprint density at radius 2 is 2.29 bits per heavy atom. The second-order valence-corrected chi connectivity index (χ2v) is 3.65. The van der Waals surface area contributed by atoms with E-state index in [-0.39, 0.29) is 6.04 Å². The minimum atomic E-state index is 0.0326. The van der Waals surface area contributed by atoms with E-state index in [0.29, 0.717) is 6.61 Å². The Labute approximate surface area is 84.0 Å². The molecule has 14 heavy (non-hydrogen) atoms. The molecule has 4 N–H and O–H groups in total. The third kappa shape index (κ3) is 1.34. The van der Waals surface area contributed by atoms with Gasteiger partial charge in [-0.2, -0.15) is 0 Å². The van der Waals surface area contributed by atoms with Crippen LogP contribution in [-0.2, 0) is 6.42 Å².